The second kappa shape index (κ2) is 6.16. The van der Waals surface area contributed by atoms with Crippen LogP contribution >= 0.6 is 24.0 Å². The molecule has 2 saturated heterocycles. The standard InChI is InChI=1S/C14H27N3O.HI/c1-13(2)10-17(14(13,3)4)12(15-5)16-9-11-7-6-8-18-11;/h11H,6-10H2,1-5H3,(H,15,16);1H. The molecule has 2 aliphatic heterocycles. The molecule has 2 aliphatic rings. The van der Waals surface area contributed by atoms with Gasteiger partial charge in [0.2, 0.25) is 0 Å². The van der Waals surface area contributed by atoms with E-state index in [0.29, 0.717) is 11.5 Å². The highest BCUT2D eigenvalue weighted by atomic mass is 127. The van der Waals surface area contributed by atoms with Crippen molar-refractivity contribution < 1.29 is 4.74 Å². The first-order valence-electron chi connectivity index (χ1n) is 6.98. The minimum absolute atomic E-state index is 0. The second-order valence-corrected chi connectivity index (χ2v) is 6.59. The van der Waals surface area contributed by atoms with Crippen LogP contribution < -0.4 is 5.32 Å². The van der Waals surface area contributed by atoms with Crippen molar-refractivity contribution in [2.45, 2.75) is 52.2 Å². The van der Waals surface area contributed by atoms with E-state index in [4.69, 9.17) is 4.74 Å². The van der Waals surface area contributed by atoms with Gasteiger partial charge in [0.05, 0.1) is 6.10 Å². The van der Waals surface area contributed by atoms with Gasteiger partial charge in [0.1, 0.15) is 0 Å². The summed E-state index contributed by atoms with van der Waals surface area (Å²) in [6, 6.07) is 0. The number of likely N-dealkylation sites (tertiary alicyclic amines) is 1. The van der Waals surface area contributed by atoms with E-state index in [-0.39, 0.29) is 29.5 Å². The van der Waals surface area contributed by atoms with Gasteiger partial charge in [-0.25, -0.2) is 0 Å². The SMILES string of the molecule is CN=C(NCC1CCCO1)N1CC(C)(C)C1(C)C.I. The molecule has 0 radical (unpaired) electrons. The number of ether oxygens (including phenoxy) is 1. The molecular formula is C14H28IN3O. The molecule has 0 aliphatic carbocycles. The first kappa shape index (κ1) is 17.0. The fraction of sp³-hybridized carbons (Fsp3) is 0.929. The zero-order valence-electron chi connectivity index (χ0n) is 12.8. The Morgan fingerprint density at radius 1 is 1.37 bits per heavy atom. The number of rotatable bonds is 2. The highest BCUT2D eigenvalue weighted by Gasteiger charge is 2.53. The molecule has 0 amide bonds. The van der Waals surface area contributed by atoms with Crippen LogP contribution in [0.1, 0.15) is 40.5 Å². The van der Waals surface area contributed by atoms with Crippen molar-refractivity contribution >= 4 is 29.9 Å². The van der Waals surface area contributed by atoms with Gasteiger partial charge in [-0.3, -0.25) is 4.99 Å². The van der Waals surface area contributed by atoms with E-state index in [2.05, 4.69) is 42.9 Å². The Kier molecular flexibility index (Phi) is 5.52. The lowest BCUT2D eigenvalue weighted by molar-refractivity contribution is -0.0670. The molecule has 112 valence electrons. The van der Waals surface area contributed by atoms with Gasteiger partial charge >= 0.3 is 0 Å². The van der Waals surface area contributed by atoms with Crippen LogP contribution in [-0.4, -0.2) is 49.2 Å². The van der Waals surface area contributed by atoms with Gasteiger partial charge in [0.15, 0.2) is 5.96 Å². The summed E-state index contributed by atoms with van der Waals surface area (Å²) in [5, 5.41) is 3.46. The smallest absolute Gasteiger partial charge is 0.194 e. The Balaban J connectivity index is 0.00000180. The van der Waals surface area contributed by atoms with E-state index in [1.165, 1.54) is 12.8 Å². The number of guanidine groups is 1. The molecule has 1 atom stereocenters. The van der Waals surface area contributed by atoms with Gasteiger partial charge < -0.3 is 15.0 Å². The molecule has 5 heteroatoms. The summed E-state index contributed by atoms with van der Waals surface area (Å²) in [5.41, 5.74) is 0.500. The highest BCUT2D eigenvalue weighted by molar-refractivity contribution is 14.0. The fourth-order valence-electron chi connectivity index (χ4n) is 2.71. The average Bonchev–Trinajstić information content (AvgIpc) is 2.81. The molecule has 1 unspecified atom stereocenters. The highest BCUT2D eigenvalue weighted by Crippen LogP contribution is 2.46. The number of hydrogen-bond acceptors (Lipinski definition) is 2. The van der Waals surface area contributed by atoms with Gasteiger partial charge in [-0.1, -0.05) is 13.8 Å². The molecule has 0 aromatic heterocycles. The molecule has 0 bridgehead atoms. The van der Waals surface area contributed by atoms with Crippen molar-refractivity contribution in [3.05, 3.63) is 0 Å². The first-order valence-corrected chi connectivity index (χ1v) is 6.98. The van der Waals surface area contributed by atoms with E-state index in [0.717, 1.165) is 25.7 Å². The summed E-state index contributed by atoms with van der Waals surface area (Å²) < 4.78 is 5.64. The lowest BCUT2D eigenvalue weighted by Crippen LogP contribution is -2.72. The van der Waals surface area contributed by atoms with Crippen molar-refractivity contribution in [1.82, 2.24) is 10.2 Å². The first-order chi connectivity index (χ1) is 8.38. The van der Waals surface area contributed by atoms with Gasteiger partial charge in [0, 0.05) is 37.7 Å². The van der Waals surface area contributed by atoms with E-state index in [9.17, 15) is 0 Å². The zero-order chi connectivity index (χ0) is 13.4. The molecule has 19 heavy (non-hydrogen) atoms. The van der Waals surface area contributed by atoms with Crippen LogP contribution in [0.4, 0.5) is 0 Å². The number of halogens is 1. The van der Waals surface area contributed by atoms with Gasteiger partial charge in [0.25, 0.3) is 0 Å². The quantitative estimate of drug-likeness (QED) is 0.454. The Morgan fingerprint density at radius 3 is 2.47 bits per heavy atom. The molecule has 2 fully saturated rings. The monoisotopic (exact) mass is 381 g/mol. The van der Waals surface area contributed by atoms with Crippen molar-refractivity contribution in [3.63, 3.8) is 0 Å². The Labute approximate surface area is 134 Å². The maximum atomic E-state index is 5.64. The average molecular weight is 381 g/mol. The summed E-state index contributed by atoms with van der Waals surface area (Å²) in [5.74, 6) is 1.01. The number of hydrogen-bond donors (Lipinski definition) is 1. The topological polar surface area (TPSA) is 36.9 Å². The van der Waals surface area contributed by atoms with Crippen LogP contribution in [0, 0.1) is 5.41 Å². The molecule has 0 aromatic rings. The molecule has 2 rings (SSSR count). The van der Waals surface area contributed by atoms with Crippen LogP contribution in [-0.2, 0) is 4.74 Å². The molecular weight excluding hydrogens is 353 g/mol. The minimum atomic E-state index is 0. The molecule has 0 spiro atoms. The van der Waals surface area contributed by atoms with Crippen LogP contribution in [0.2, 0.25) is 0 Å². The summed E-state index contributed by atoms with van der Waals surface area (Å²) in [7, 11) is 1.86. The van der Waals surface area contributed by atoms with Crippen molar-refractivity contribution in [2.75, 3.05) is 26.7 Å². The van der Waals surface area contributed by atoms with Gasteiger partial charge in [-0.15, -0.1) is 24.0 Å². The Bertz CT molecular complexity index is 336. The third-order valence-electron chi connectivity index (χ3n) is 4.86. The van der Waals surface area contributed by atoms with E-state index >= 15 is 0 Å². The number of nitrogens with zero attached hydrogens (tertiary/aromatic N) is 2. The lowest BCUT2D eigenvalue weighted by atomic mass is 9.65. The lowest BCUT2D eigenvalue weighted by Gasteiger charge is -2.62. The number of aliphatic imine (C=N–C) groups is 1. The molecule has 0 aromatic carbocycles. The minimum Gasteiger partial charge on any atom is -0.376 e. The van der Waals surface area contributed by atoms with Crippen molar-refractivity contribution in [3.8, 4) is 0 Å². The molecule has 1 N–H and O–H groups in total. The predicted molar refractivity (Wildman–Crippen MR) is 90.3 cm³/mol. The zero-order valence-corrected chi connectivity index (χ0v) is 15.2. The van der Waals surface area contributed by atoms with Gasteiger partial charge in [-0.2, -0.15) is 0 Å². The molecule has 0 saturated carbocycles. The maximum absolute atomic E-state index is 5.64. The summed E-state index contributed by atoms with van der Waals surface area (Å²) in [6.07, 6.45) is 2.71. The van der Waals surface area contributed by atoms with Crippen LogP contribution in [0.25, 0.3) is 0 Å². The van der Waals surface area contributed by atoms with E-state index < -0.39 is 0 Å². The molecule has 2 heterocycles. The third-order valence-corrected chi connectivity index (χ3v) is 4.86. The van der Waals surface area contributed by atoms with Crippen molar-refractivity contribution in [1.29, 1.82) is 0 Å². The van der Waals surface area contributed by atoms with Crippen LogP contribution in [0.3, 0.4) is 0 Å². The third kappa shape index (κ3) is 3.17. The maximum Gasteiger partial charge on any atom is 0.194 e. The van der Waals surface area contributed by atoms with Gasteiger partial charge in [-0.05, 0) is 26.7 Å². The largest absolute Gasteiger partial charge is 0.376 e. The summed E-state index contributed by atoms with van der Waals surface area (Å²) in [6.45, 7) is 12.1. The Morgan fingerprint density at radius 2 is 2.05 bits per heavy atom. The van der Waals surface area contributed by atoms with Crippen LogP contribution in [0.5, 0.6) is 0 Å². The van der Waals surface area contributed by atoms with Crippen LogP contribution in [0.15, 0.2) is 4.99 Å². The normalized spacial score (nSPS) is 28.6. The summed E-state index contributed by atoms with van der Waals surface area (Å²) in [4.78, 5) is 6.77. The second-order valence-electron chi connectivity index (χ2n) is 6.59. The fourth-order valence-corrected chi connectivity index (χ4v) is 2.71. The Hall–Kier alpha value is -0.0400. The van der Waals surface area contributed by atoms with E-state index in [1.807, 2.05) is 7.05 Å². The molecule has 4 nitrogen and oxygen atoms in total. The summed E-state index contributed by atoms with van der Waals surface area (Å²) >= 11 is 0. The van der Waals surface area contributed by atoms with Crippen molar-refractivity contribution in [2.24, 2.45) is 10.4 Å². The predicted octanol–water partition coefficient (Wildman–Crippen LogP) is 2.48. The van der Waals surface area contributed by atoms with E-state index in [1.54, 1.807) is 0 Å². The number of nitrogens with one attached hydrogen (secondary N) is 1.